The third kappa shape index (κ3) is 3.31. The third-order valence-corrected chi connectivity index (χ3v) is 4.34. The molecule has 23 heavy (non-hydrogen) atoms. The van der Waals surface area contributed by atoms with Crippen molar-refractivity contribution in [1.29, 1.82) is 0 Å². The summed E-state index contributed by atoms with van der Waals surface area (Å²) in [5, 5.41) is 14.9. The second-order valence-electron chi connectivity index (χ2n) is 6.02. The minimum Gasteiger partial charge on any atom is -0.508 e. The van der Waals surface area contributed by atoms with Crippen molar-refractivity contribution in [2.45, 2.75) is 37.8 Å². The van der Waals surface area contributed by atoms with Crippen molar-refractivity contribution in [2.75, 3.05) is 0 Å². The van der Waals surface area contributed by atoms with Gasteiger partial charge in [0.25, 0.3) is 0 Å². The molecular weight excluding hydrogens is 296 g/mol. The maximum absolute atomic E-state index is 12.6. The number of esters is 1. The molecule has 3 N–H and O–H groups in total. The average molecular weight is 316 g/mol. The van der Waals surface area contributed by atoms with Gasteiger partial charge >= 0.3 is 12.0 Å². The fourth-order valence-electron chi connectivity index (χ4n) is 3.20. The fourth-order valence-corrected chi connectivity index (χ4v) is 3.20. The molecule has 2 aliphatic rings. The molecule has 0 radical (unpaired) electrons. The lowest BCUT2D eigenvalue weighted by Gasteiger charge is -2.33. The first-order chi connectivity index (χ1) is 11.0. The van der Waals surface area contributed by atoms with E-state index < -0.39 is 24.0 Å². The standard InChI is InChI=1S/C17H20N2O4/c1-10-14(16(21)23-13-7-2-3-8-13)15(19-17(22)18-10)11-5-4-6-12(20)9-11/h4-6,9,13-15,20H,1-3,7-8H2,(H2,18,19,22). The zero-order chi connectivity index (χ0) is 16.4. The number of hydrogen-bond acceptors (Lipinski definition) is 4. The highest BCUT2D eigenvalue weighted by Crippen LogP contribution is 2.33. The second kappa shape index (κ2) is 6.32. The smallest absolute Gasteiger partial charge is 0.319 e. The highest BCUT2D eigenvalue weighted by atomic mass is 16.5. The molecule has 3 rings (SSSR count). The minimum atomic E-state index is -0.727. The number of urea groups is 1. The molecule has 1 saturated heterocycles. The molecular formula is C17H20N2O4. The number of rotatable bonds is 3. The number of ether oxygens (including phenoxy) is 1. The topological polar surface area (TPSA) is 87.7 Å². The van der Waals surface area contributed by atoms with Crippen LogP contribution >= 0.6 is 0 Å². The van der Waals surface area contributed by atoms with E-state index in [0.717, 1.165) is 25.7 Å². The summed E-state index contributed by atoms with van der Waals surface area (Å²) in [5.74, 6) is -1.05. The maximum Gasteiger partial charge on any atom is 0.319 e. The number of benzene rings is 1. The van der Waals surface area contributed by atoms with Crippen molar-refractivity contribution in [3.63, 3.8) is 0 Å². The summed E-state index contributed by atoms with van der Waals surface area (Å²) in [6.07, 6.45) is 3.82. The Morgan fingerprint density at radius 3 is 2.74 bits per heavy atom. The van der Waals surface area contributed by atoms with Crippen LogP contribution in [0.2, 0.25) is 0 Å². The molecule has 2 fully saturated rings. The molecule has 122 valence electrons. The summed E-state index contributed by atoms with van der Waals surface area (Å²) in [6.45, 7) is 3.80. The summed E-state index contributed by atoms with van der Waals surface area (Å²) in [6, 6.07) is 5.44. The molecule has 2 atom stereocenters. The monoisotopic (exact) mass is 316 g/mol. The van der Waals surface area contributed by atoms with Crippen LogP contribution in [0, 0.1) is 5.92 Å². The molecule has 1 aromatic carbocycles. The largest absolute Gasteiger partial charge is 0.508 e. The lowest BCUT2D eigenvalue weighted by molar-refractivity contribution is -0.153. The predicted molar refractivity (Wildman–Crippen MR) is 83.5 cm³/mol. The van der Waals surface area contributed by atoms with Crippen LogP contribution in [0.25, 0.3) is 0 Å². The van der Waals surface area contributed by atoms with Crippen LogP contribution in [0.4, 0.5) is 4.79 Å². The van der Waals surface area contributed by atoms with Crippen LogP contribution < -0.4 is 10.6 Å². The molecule has 0 bridgehead atoms. The van der Waals surface area contributed by atoms with Gasteiger partial charge in [0.1, 0.15) is 17.8 Å². The Labute approximate surface area is 134 Å². The summed E-state index contributed by atoms with van der Waals surface area (Å²) in [4.78, 5) is 24.4. The van der Waals surface area contributed by atoms with Gasteiger partial charge in [0, 0.05) is 5.70 Å². The van der Waals surface area contributed by atoms with Gasteiger partial charge in [0.15, 0.2) is 0 Å². The van der Waals surface area contributed by atoms with E-state index in [1.807, 2.05) is 0 Å². The molecule has 1 aromatic rings. The quantitative estimate of drug-likeness (QED) is 0.747. The van der Waals surface area contributed by atoms with Crippen LogP contribution in [0.1, 0.15) is 37.3 Å². The number of carbonyl (C=O) groups excluding carboxylic acids is 2. The first-order valence-corrected chi connectivity index (χ1v) is 7.80. The zero-order valence-corrected chi connectivity index (χ0v) is 12.7. The molecule has 1 aliphatic heterocycles. The molecule has 6 heteroatoms. The van der Waals surface area contributed by atoms with E-state index >= 15 is 0 Å². The van der Waals surface area contributed by atoms with Gasteiger partial charge in [-0.3, -0.25) is 4.79 Å². The molecule has 1 aliphatic carbocycles. The van der Waals surface area contributed by atoms with Gasteiger partial charge in [-0.2, -0.15) is 0 Å². The molecule has 2 unspecified atom stereocenters. The Hall–Kier alpha value is -2.50. The second-order valence-corrected chi connectivity index (χ2v) is 6.02. The van der Waals surface area contributed by atoms with Gasteiger partial charge in [-0.1, -0.05) is 18.7 Å². The molecule has 2 amide bonds. The maximum atomic E-state index is 12.6. The van der Waals surface area contributed by atoms with Crippen LogP contribution in [0.3, 0.4) is 0 Å². The lowest BCUT2D eigenvalue weighted by atomic mass is 9.89. The first-order valence-electron chi connectivity index (χ1n) is 7.80. The van der Waals surface area contributed by atoms with E-state index in [2.05, 4.69) is 17.2 Å². The average Bonchev–Trinajstić information content (AvgIpc) is 2.99. The number of aromatic hydroxyl groups is 1. The SMILES string of the molecule is C=C1NC(=O)NC(c2cccc(O)c2)C1C(=O)OC1CCCC1. The summed E-state index contributed by atoms with van der Waals surface area (Å²) in [5.41, 5.74) is 0.944. The lowest BCUT2D eigenvalue weighted by Crippen LogP contribution is -2.51. The van der Waals surface area contributed by atoms with E-state index in [9.17, 15) is 14.7 Å². The van der Waals surface area contributed by atoms with Gasteiger partial charge in [0.05, 0.1) is 6.04 Å². The van der Waals surface area contributed by atoms with Crippen LogP contribution in [0.15, 0.2) is 36.5 Å². The molecule has 0 spiro atoms. The van der Waals surface area contributed by atoms with Crippen LogP contribution in [0.5, 0.6) is 5.75 Å². The minimum absolute atomic E-state index is 0.0576. The molecule has 6 nitrogen and oxygen atoms in total. The van der Waals surface area contributed by atoms with Crippen molar-refractivity contribution < 1.29 is 19.4 Å². The van der Waals surface area contributed by atoms with Gasteiger partial charge in [-0.15, -0.1) is 0 Å². The molecule has 1 saturated carbocycles. The number of phenols is 1. The summed E-state index contributed by atoms with van der Waals surface area (Å²) >= 11 is 0. The number of nitrogens with one attached hydrogen (secondary N) is 2. The van der Waals surface area contributed by atoms with Crippen molar-refractivity contribution in [3.8, 4) is 5.75 Å². The Kier molecular flexibility index (Phi) is 4.23. The van der Waals surface area contributed by atoms with Gasteiger partial charge in [0.2, 0.25) is 0 Å². The fraction of sp³-hybridized carbons (Fsp3) is 0.412. The van der Waals surface area contributed by atoms with Gasteiger partial charge in [-0.05, 0) is 43.4 Å². The van der Waals surface area contributed by atoms with E-state index in [1.54, 1.807) is 12.1 Å². The van der Waals surface area contributed by atoms with Gasteiger partial charge < -0.3 is 20.5 Å². The van der Waals surface area contributed by atoms with Gasteiger partial charge in [-0.25, -0.2) is 4.79 Å². The Morgan fingerprint density at radius 2 is 2.04 bits per heavy atom. The van der Waals surface area contributed by atoms with E-state index in [0.29, 0.717) is 11.3 Å². The Bertz CT molecular complexity index is 637. The van der Waals surface area contributed by atoms with E-state index in [-0.39, 0.29) is 11.9 Å². The summed E-state index contributed by atoms with van der Waals surface area (Å²) in [7, 11) is 0. The van der Waals surface area contributed by atoms with E-state index in [4.69, 9.17) is 4.74 Å². The zero-order valence-electron chi connectivity index (χ0n) is 12.7. The number of phenolic OH excluding ortho intramolecular Hbond substituents is 1. The Morgan fingerprint density at radius 1 is 1.30 bits per heavy atom. The normalized spacial score (nSPS) is 24.9. The Balaban J connectivity index is 1.85. The first kappa shape index (κ1) is 15.4. The van der Waals surface area contributed by atoms with Crippen LogP contribution in [-0.2, 0) is 9.53 Å². The third-order valence-electron chi connectivity index (χ3n) is 4.34. The highest BCUT2D eigenvalue weighted by Gasteiger charge is 2.40. The molecule has 1 heterocycles. The number of carbonyl (C=O) groups is 2. The van der Waals surface area contributed by atoms with Crippen molar-refractivity contribution in [3.05, 3.63) is 42.1 Å². The number of amides is 2. The highest BCUT2D eigenvalue weighted by molar-refractivity contribution is 5.85. The predicted octanol–water partition coefficient (Wildman–Crippen LogP) is 2.36. The van der Waals surface area contributed by atoms with Crippen molar-refractivity contribution in [1.82, 2.24) is 10.6 Å². The van der Waals surface area contributed by atoms with Crippen LogP contribution in [-0.4, -0.2) is 23.2 Å². The van der Waals surface area contributed by atoms with Crippen molar-refractivity contribution in [2.24, 2.45) is 5.92 Å². The number of hydrogen-bond donors (Lipinski definition) is 3. The summed E-state index contributed by atoms with van der Waals surface area (Å²) < 4.78 is 5.58. The molecule has 0 aromatic heterocycles. The van der Waals surface area contributed by atoms with E-state index in [1.165, 1.54) is 12.1 Å². The van der Waals surface area contributed by atoms with Crippen molar-refractivity contribution >= 4 is 12.0 Å².